The third-order valence-corrected chi connectivity index (χ3v) is 2.17. The van der Waals surface area contributed by atoms with Gasteiger partial charge in [0.05, 0.1) is 13.7 Å². The van der Waals surface area contributed by atoms with Gasteiger partial charge in [0.15, 0.2) is 0 Å². The van der Waals surface area contributed by atoms with Crippen LogP contribution in [0.15, 0.2) is 24.3 Å². The molecule has 0 N–H and O–H groups in total. The summed E-state index contributed by atoms with van der Waals surface area (Å²) in [4.78, 5) is 11.6. The molecule has 0 aromatic heterocycles. The number of hydrogen-bond acceptors (Lipinski definition) is 3. The summed E-state index contributed by atoms with van der Waals surface area (Å²) in [6.45, 7) is 6.55. The molecule has 3 nitrogen and oxygen atoms in total. The van der Waals surface area contributed by atoms with Gasteiger partial charge in [0, 0.05) is 0 Å². The zero-order valence-corrected chi connectivity index (χ0v) is 10.9. The highest BCUT2D eigenvalue weighted by Gasteiger charge is 2.14. The van der Waals surface area contributed by atoms with Gasteiger partial charge in [-0.2, -0.15) is 0 Å². The molecule has 0 aliphatic carbocycles. The van der Waals surface area contributed by atoms with Crippen molar-refractivity contribution in [3.63, 3.8) is 0 Å². The van der Waals surface area contributed by atoms with Gasteiger partial charge in [-0.25, -0.2) is 0 Å². The molecule has 0 saturated carbocycles. The van der Waals surface area contributed by atoms with Crippen LogP contribution in [0.3, 0.4) is 0 Å². The van der Waals surface area contributed by atoms with Crippen molar-refractivity contribution in [1.82, 2.24) is 0 Å². The first-order valence-electron chi connectivity index (χ1n) is 5.69. The molecule has 0 fully saturated rings. The fourth-order valence-electron chi connectivity index (χ4n) is 1.26. The van der Waals surface area contributed by atoms with Gasteiger partial charge in [0.1, 0.15) is 5.75 Å². The lowest BCUT2D eigenvalue weighted by molar-refractivity contribution is 0.127. The minimum atomic E-state index is -0.190. The monoisotopic (exact) mass is 234 g/mol. The van der Waals surface area contributed by atoms with E-state index >= 15 is 0 Å². The highest BCUT2D eigenvalue weighted by Crippen LogP contribution is 2.12. The fraction of sp³-hybridized carbons (Fsp3) is 0.462. The second kappa shape index (κ2) is 5.76. The Morgan fingerprint density at radius 1 is 1.24 bits per heavy atom. The Morgan fingerprint density at radius 2 is 1.82 bits per heavy atom. The Labute approximate surface area is 103 Å². The van der Waals surface area contributed by atoms with Crippen LogP contribution in [-0.4, -0.2) is 26.9 Å². The number of rotatable bonds is 4. The van der Waals surface area contributed by atoms with Gasteiger partial charge in [-0.15, -0.1) is 0 Å². The van der Waals surface area contributed by atoms with Crippen LogP contribution in [0.1, 0.15) is 20.8 Å². The maximum absolute atomic E-state index is 11.6. The Kier molecular flexibility index (Phi) is 4.61. The second-order valence-corrected chi connectivity index (χ2v) is 5.25. The van der Waals surface area contributed by atoms with Crippen molar-refractivity contribution in [2.24, 2.45) is 5.41 Å². The van der Waals surface area contributed by atoms with Crippen LogP contribution in [-0.2, 0) is 4.74 Å². The lowest BCUT2D eigenvalue weighted by Crippen LogP contribution is -2.27. The molecule has 0 heterocycles. The molecule has 17 heavy (non-hydrogen) atoms. The van der Waals surface area contributed by atoms with Gasteiger partial charge in [-0.1, -0.05) is 38.4 Å². The highest BCUT2D eigenvalue weighted by atomic mass is 16.5. The summed E-state index contributed by atoms with van der Waals surface area (Å²) >= 11 is 0. The van der Waals surface area contributed by atoms with E-state index in [2.05, 4.69) is 0 Å². The Balaban J connectivity index is 2.45. The number of ether oxygens (including phenoxy) is 2. The molecular formula is C13H19BO3. The molecule has 0 aliphatic heterocycles. The summed E-state index contributed by atoms with van der Waals surface area (Å²) in [5.41, 5.74) is 0.944. The first-order valence-corrected chi connectivity index (χ1v) is 5.69. The van der Waals surface area contributed by atoms with E-state index in [0.29, 0.717) is 13.9 Å². The first-order chi connectivity index (χ1) is 7.90. The lowest BCUT2D eigenvalue weighted by Gasteiger charge is -2.17. The van der Waals surface area contributed by atoms with Crippen LogP contribution in [0, 0.1) is 5.41 Å². The Bertz CT molecular complexity index is 365. The van der Waals surface area contributed by atoms with Gasteiger partial charge in [0.2, 0.25) is 0 Å². The van der Waals surface area contributed by atoms with E-state index in [0.717, 1.165) is 11.2 Å². The second-order valence-electron chi connectivity index (χ2n) is 5.25. The van der Waals surface area contributed by atoms with E-state index in [1.54, 1.807) is 7.11 Å². The molecule has 1 aromatic rings. The van der Waals surface area contributed by atoms with E-state index in [1.165, 1.54) is 0 Å². The molecular weight excluding hydrogens is 215 g/mol. The van der Waals surface area contributed by atoms with Crippen LogP contribution >= 0.6 is 0 Å². The summed E-state index contributed by atoms with van der Waals surface area (Å²) in [5, 5.41) is 0. The molecule has 0 aliphatic rings. The number of benzene rings is 1. The first kappa shape index (κ1) is 13.6. The molecule has 0 unspecified atom stereocenters. The topological polar surface area (TPSA) is 35.5 Å². The van der Waals surface area contributed by atoms with Crippen LogP contribution in [0.4, 0.5) is 4.79 Å². The quantitative estimate of drug-likeness (QED) is 0.747. The van der Waals surface area contributed by atoms with Crippen LogP contribution < -0.4 is 10.2 Å². The van der Waals surface area contributed by atoms with Crippen molar-refractivity contribution >= 4 is 18.6 Å². The van der Waals surface area contributed by atoms with E-state index in [4.69, 9.17) is 9.47 Å². The van der Waals surface area contributed by atoms with Crippen molar-refractivity contribution in [3.8, 4) is 5.75 Å². The zero-order chi connectivity index (χ0) is 12.9. The Morgan fingerprint density at radius 3 is 2.29 bits per heavy atom. The molecule has 0 atom stereocenters. The summed E-state index contributed by atoms with van der Waals surface area (Å²) in [7, 11) is 1.92. The third-order valence-electron chi connectivity index (χ3n) is 2.17. The molecule has 0 spiro atoms. The number of carbonyl (C=O) groups is 1. The molecule has 4 heteroatoms. The average molecular weight is 234 g/mol. The maximum atomic E-state index is 11.6. The van der Waals surface area contributed by atoms with Crippen molar-refractivity contribution in [2.75, 3.05) is 13.7 Å². The molecule has 0 radical (unpaired) electrons. The molecule has 1 aromatic carbocycles. The SMILES string of the molecule is COc1ccc(BC(=O)OCC(C)(C)C)cc1. The van der Waals surface area contributed by atoms with Crippen LogP contribution in [0.25, 0.3) is 0 Å². The third kappa shape index (κ3) is 5.43. The van der Waals surface area contributed by atoms with E-state index in [9.17, 15) is 4.79 Å². The van der Waals surface area contributed by atoms with Gasteiger partial charge < -0.3 is 9.47 Å². The highest BCUT2D eigenvalue weighted by molar-refractivity contribution is 6.82. The minimum Gasteiger partial charge on any atom is -0.497 e. The Hall–Kier alpha value is -1.45. The van der Waals surface area contributed by atoms with Crippen molar-refractivity contribution in [3.05, 3.63) is 24.3 Å². The number of carbonyl (C=O) groups excluding carboxylic acids is 1. The van der Waals surface area contributed by atoms with Gasteiger partial charge in [-0.05, 0) is 17.5 Å². The van der Waals surface area contributed by atoms with E-state index < -0.39 is 0 Å². The predicted molar refractivity (Wildman–Crippen MR) is 70.6 cm³/mol. The van der Waals surface area contributed by atoms with Gasteiger partial charge in [0.25, 0.3) is 13.1 Å². The van der Waals surface area contributed by atoms with Gasteiger partial charge >= 0.3 is 0 Å². The molecule has 0 amide bonds. The standard InChI is InChI=1S/C13H19BO3/c1-13(2,3)9-17-12(15)14-10-5-7-11(16-4)8-6-10/h5-8,14H,9H2,1-4H3. The summed E-state index contributed by atoms with van der Waals surface area (Å²) in [6.07, 6.45) is 0. The normalized spacial score (nSPS) is 10.8. The summed E-state index contributed by atoms with van der Waals surface area (Å²) < 4.78 is 10.2. The lowest BCUT2D eigenvalue weighted by atomic mass is 9.70. The van der Waals surface area contributed by atoms with Crippen LogP contribution in [0.5, 0.6) is 5.75 Å². The van der Waals surface area contributed by atoms with E-state index in [-0.39, 0.29) is 11.3 Å². The van der Waals surface area contributed by atoms with Crippen LogP contribution in [0.2, 0.25) is 0 Å². The molecule has 0 bridgehead atoms. The number of methoxy groups -OCH3 is 1. The fourth-order valence-corrected chi connectivity index (χ4v) is 1.26. The average Bonchev–Trinajstić information content (AvgIpc) is 2.27. The van der Waals surface area contributed by atoms with Crippen molar-refractivity contribution in [1.29, 1.82) is 0 Å². The number of hydrogen-bond donors (Lipinski definition) is 0. The van der Waals surface area contributed by atoms with Crippen molar-refractivity contribution in [2.45, 2.75) is 20.8 Å². The maximum Gasteiger partial charge on any atom is 0.293 e. The largest absolute Gasteiger partial charge is 0.497 e. The molecule has 92 valence electrons. The van der Waals surface area contributed by atoms with Crippen molar-refractivity contribution < 1.29 is 14.3 Å². The van der Waals surface area contributed by atoms with E-state index in [1.807, 2.05) is 45.0 Å². The summed E-state index contributed by atoms with van der Waals surface area (Å²) in [6, 6.07) is 7.42. The molecule has 0 saturated heterocycles. The summed E-state index contributed by atoms with van der Waals surface area (Å²) in [5.74, 6) is 0.599. The smallest absolute Gasteiger partial charge is 0.293 e. The molecule has 1 rings (SSSR count). The van der Waals surface area contributed by atoms with Gasteiger partial charge in [-0.3, -0.25) is 4.79 Å². The zero-order valence-electron chi connectivity index (χ0n) is 10.9. The predicted octanol–water partition coefficient (Wildman–Crippen LogP) is 1.94. The minimum absolute atomic E-state index is 0.00949.